The Hall–Kier alpha value is -2.61. The fourth-order valence-electron chi connectivity index (χ4n) is 2.75. The number of aromatic nitrogens is 2. The van der Waals surface area contributed by atoms with Gasteiger partial charge in [0, 0.05) is 21.3 Å². The third-order valence-corrected chi connectivity index (χ3v) is 5.81. The maximum Gasteiger partial charge on any atom is 0.261 e. The lowest BCUT2D eigenvalue weighted by atomic mass is 10.1. The number of anilines is 1. The Bertz CT molecular complexity index is 1280. The van der Waals surface area contributed by atoms with Gasteiger partial charge in [0.1, 0.15) is 0 Å². The summed E-state index contributed by atoms with van der Waals surface area (Å²) in [6.07, 6.45) is 0. The van der Waals surface area contributed by atoms with Crippen molar-refractivity contribution in [1.29, 1.82) is 0 Å². The molecule has 0 atom stereocenters. The zero-order valence-corrected chi connectivity index (χ0v) is 16.8. The van der Waals surface area contributed by atoms with E-state index in [1.165, 1.54) is 18.2 Å². The molecular weight excluding hydrogens is 421 g/mol. The van der Waals surface area contributed by atoms with Crippen LogP contribution in [0.4, 0.5) is 5.69 Å². The van der Waals surface area contributed by atoms with Crippen molar-refractivity contribution in [2.24, 2.45) is 0 Å². The molecule has 142 valence electrons. The number of benzene rings is 3. The van der Waals surface area contributed by atoms with E-state index >= 15 is 0 Å². The summed E-state index contributed by atoms with van der Waals surface area (Å²) in [5.74, 6) is 0.989. The highest BCUT2D eigenvalue weighted by Crippen LogP contribution is 2.28. The van der Waals surface area contributed by atoms with E-state index in [1.54, 1.807) is 19.1 Å². The van der Waals surface area contributed by atoms with Gasteiger partial charge < -0.3 is 4.52 Å². The first kappa shape index (κ1) is 18.7. The predicted molar refractivity (Wildman–Crippen MR) is 109 cm³/mol. The summed E-state index contributed by atoms with van der Waals surface area (Å²) in [6.45, 7) is 1.75. The topological polar surface area (TPSA) is 85.1 Å². The molecule has 3 aromatic carbocycles. The molecule has 0 unspecified atom stereocenters. The average Bonchev–Trinajstić information content (AvgIpc) is 3.06. The van der Waals surface area contributed by atoms with Crippen LogP contribution in [0, 0.1) is 6.92 Å². The Labute approximate surface area is 171 Å². The largest absolute Gasteiger partial charge is 0.334 e. The Kier molecular flexibility index (Phi) is 4.74. The lowest BCUT2D eigenvalue weighted by molar-refractivity contribution is 0.425. The summed E-state index contributed by atoms with van der Waals surface area (Å²) >= 11 is 11.8. The van der Waals surface area contributed by atoms with Crippen LogP contribution < -0.4 is 4.72 Å². The third-order valence-electron chi connectivity index (χ3n) is 4.01. The number of hydrogen-bond donors (Lipinski definition) is 1. The average molecular weight is 434 g/mol. The maximum atomic E-state index is 12.6. The molecule has 4 rings (SSSR count). The first-order valence-corrected chi connectivity index (χ1v) is 10.4. The molecule has 1 N–H and O–H groups in total. The number of rotatable bonds is 4. The standard InChI is InChI=1S/C19H13Cl2N3O3S/c1-11-22-19(27-23-11)14-3-2-13-7-17(5-4-12(13)6-14)24-28(25,26)18-9-15(20)8-16(21)10-18/h2-10,24H,1H3. The second-order valence-corrected chi connectivity index (χ2v) is 8.69. The minimum Gasteiger partial charge on any atom is -0.334 e. The van der Waals surface area contributed by atoms with E-state index < -0.39 is 10.0 Å². The smallest absolute Gasteiger partial charge is 0.261 e. The monoisotopic (exact) mass is 433 g/mol. The molecule has 6 nitrogen and oxygen atoms in total. The van der Waals surface area contributed by atoms with Gasteiger partial charge in [-0.15, -0.1) is 0 Å². The van der Waals surface area contributed by atoms with Crippen LogP contribution in [0.15, 0.2) is 64.0 Å². The first-order valence-electron chi connectivity index (χ1n) is 8.14. The molecule has 0 radical (unpaired) electrons. The normalized spacial score (nSPS) is 11.7. The van der Waals surface area contributed by atoms with Gasteiger partial charge in [-0.25, -0.2) is 8.42 Å². The molecule has 0 bridgehead atoms. The van der Waals surface area contributed by atoms with Gasteiger partial charge in [-0.2, -0.15) is 4.98 Å². The summed E-state index contributed by atoms with van der Waals surface area (Å²) in [5.41, 5.74) is 1.21. The number of hydrogen-bond acceptors (Lipinski definition) is 5. The van der Waals surface area contributed by atoms with Gasteiger partial charge >= 0.3 is 0 Å². The fraction of sp³-hybridized carbons (Fsp3) is 0.0526. The SMILES string of the molecule is Cc1noc(-c2ccc3cc(NS(=O)(=O)c4cc(Cl)cc(Cl)c4)ccc3c2)n1. The molecule has 28 heavy (non-hydrogen) atoms. The highest BCUT2D eigenvalue weighted by atomic mass is 35.5. The Morgan fingerprint density at radius 3 is 2.29 bits per heavy atom. The van der Waals surface area contributed by atoms with Crippen molar-refractivity contribution >= 4 is 49.7 Å². The van der Waals surface area contributed by atoms with Gasteiger partial charge in [0.25, 0.3) is 15.9 Å². The Balaban J connectivity index is 1.66. The summed E-state index contributed by atoms with van der Waals surface area (Å²) in [6, 6.07) is 15.0. The molecule has 0 spiro atoms. The predicted octanol–water partition coefficient (Wildman–Crippen LogP) is 5.31. The molecule has 0 aliphatic rings. The van der Waals surface area contributed by atoms with Crippen LogP contribution in [0.3, 0.4) is 0 Å². The molecule has 1 aromatic heterocycles. The van der Waals surface area contributed by atoms with Crippen LogP contribution in [-0.2, 0) is 10.0 Å². The molecule has 0 fully saturated rings. The Morgan fingerprint density at radius 1 is 0.929 bits per heavy atom. The van der Waals surface area contributed by atoms with E-state index in [0.717, 1.165) is 16.3 Å². The minimum absolute atomic E-state index is 0.00721. The molecule has 0 aliphatic heterocycles. The van der Waals surface area contributed by atoms with Crippen molar-refractivity contribution < 1.29 is 12.9 Å². The maximum absolute atomic E-state index is 12.6. The first-order chi connectivity index (χ1) is 13.3. The lowest BCUT2D eigenvalue weighted by Gasteiger charge is -2.10. The molecule has 9 heteroatoms. The van der Waals surface area contributed by atoms with Gasteiger partial charge in [0.2, 0.25) is 0 Å². The van der Waals surface area contributed by atoms with E-state index in [-0.39, 0.29) is 14.9 Å². The van der Waals surface area contributed by atoms with E-state index in [2.05, 4.69) is 14.9 Å². The molecule has 1 heterocycles. The van der Waals surface area contributed by atoms with E-state index in [1.807, 2.05) is 24.3 Å². The number of aryl methyl sites for hydroxylation is 1. The van der Waals surface area contributed by atoms with Crippen molar-refractivity contribution in [2.75, 3.05) is 4.72 Å². The lowest BCUT2D eigenvalue weighted by Crippen LogP contribution is -2.12. The van der Waals surface area contributed by atoms with Gasteiger partial charge in [-0.3, -0.25) is 4.72 Å². The van der Waals surface area contributed by atoms with E-state index in [9.17, 15) is 8.42 Å². The van der Waals surface area contributed by atoms with Crippen LogP contribution in [0.2, 0.25) is 10.0 Å². The second-order valence-electron chi connectivity index (χ2n) is 6.13. The van der Waals surface area contributed by atoms with Crippen molar-refractivity contribution in [2.45, 2.75) is 11.8 Å². The van der Waals surface area contributed by atoms with Crippen LogP contribution in [0.1, 0.15) is 5.82 Å². The number of nitrogens with zero attached hydrogens (tertiary/aromatic N) is 2. The quantitative estimate of drug-likeness (QED) is 0.471. The summed E-state index contributed by atoms with van der Waals surface area (Å²) < 4.78 is 33.0. The number of sulfonamides is 1. The second kappa shape index (κ2) is 7.09. The molecule has 0 aliphatic carbocycles. The molecule has 4 aromatic rings. The highest BCUT2D eigenvalue weighted by molar-refractivity contribution is 7.92. The van der Waals surface area contributed by atoms with Crippen molar-refractivity contribution in [3.8, 4) is 11.5 Å². The van der Waals surface area contributed by atoms with Gasteiger partial charge in [-0.05, 0) is 60.2 Å². The van der Waals surface area contributed by atoms with Crippen molar-refractivity contribution in [1.82, 2.24) is 10.1 Å². The van der Waals surface area contributed by atoms with E-state index in [0.29, 0.717) is 17.4 Å². The van der Waals surface area contributed by atoms with Gasteiger partial charge in [0.05, 0.1) is 4.90 Å². The molecule has 0 saturated heterocycles. The zero-order chi connectivity index (χ0) is 19.9. The fourth-order valence-corrected chi connectivity index (χ4v) is 4.53. The highest BCUT2D eigenvalue weighted by Gasteiger charge is 2.16. The number of halogens is 2. The van der Waals surface area contributed by atoms with Gasteiger partial charge in [0.15, 0.2) is 5.82 Å². The van der Waals surface area contributed by atoms with Crippen LogP contribution >= 0.6 is 23.2 Å². The summed E-state index contributed by atoms with van der Waals surface area (Å²) in [4.78, 5) is 4.20. The number of fused-ring (bicyclic) bond motifs is 1. The van der Waals surface area contributed by atoms with Crippen LogP contribution in [-0.4, -0.2) is 18.6 Å². The number of nitrogens with one attached hydrogen (secondary N) is 1. The Morgan fingerprint density at radius 2 is 1.61 bits per heavy atom. The molecular formula is C19H13Cl2N3O3S. The molecule has 0 saturated carbocycles. The zero-order valence-electron chi connectivity index (χ0n) is 14.5. The van der Waals surface area contributed by atoms with E-state index in [4.69, 9.17) is 27.7 Å². The summed E-state index contributed by atoms with van der Waals surface area (Å²) in [7, 11) is -3.83. The summed E-state index contributed by atoms with van der Waals surface area (Å²) in [5, 5.41) is 6.03. The van der Waals surface area contributed by atoms with Crippen LogP contribution in [0.25, 0.3) is 22.2 Å². The van der Waals surface area contributed by atoms with Crippen LogP contribution in [0.5, 0.6) is 0 Å². The minimum atomic E-state index is -3.83. The van der Waals surface area contributed by atoms with Crippen molar-refractivity contribution in [3.63, 3.8) is 0 Å². The molecule has 0 amide bonds. The van der Waals surface area contributed by atoms with Gasteiger partial charge in [-0.1, -0.05) is 40.5 Å². The third kappa shape index (κ3) is 3.82. The van der Waals surface area contributed by atoms with Crippen molar-refractivity contribution in [3.05, 3.63) is 70.5 Å².